The van der Waals surface area contributed by atoms with Crippen LogP contribution in [0.3, 0.4) is 0 Å². The Balaban J connectivity index is 1.38. The number of rotatable bonds is 6. The Morgan fingerprint density at radius 1 is 1.10 bits per heavy atom. The predicted molar refractivity (Wildman–Crippen MR) is 122 cm³/mol. The van der Waals surface area contributed by atoms with Gasteiger partial charge in [-0.1, -0.05) is 6.07 Å². The number of hydrogen-bond acceptors (Lipinski definition) is 5. The van der Waals surface area contributed by atoms with Crippen LogP contribution in [0.4, 0.5) is 5.82 Å². The van der Waals surface area contributed by atoms with Crippen molar-refractivity contribution in [3.8, 4) is 0 Å². The highest BCUT2D eigenvalue weighted by atomic mass is 16.2. The predicted octanol–water partition coefficient (Wildman–Crippen LogP) is 1.91. The molecule has 2 amide bonds. The molecule has 0 saturated carbocycles. The quantitative estimate of drug-likeness (QED) is 0.736. The smallest absolute Gasteiger partial charge is 0.225 e. The van der Waals surface area contributed by atoms with Gasteiger partial charge in [0.15, 0.2) is 5.82 Å². The lowest BCUT2D eigenvalue weighted by molar-refractivity contribution is -0.138. The number of amides is 2. The lowest BCUT2D eigenvalue weighted by Gasteiger charge is -2.36. The topological polar surface area (TPSA) is 96.5 Å². The van der Waals surface area contributed by atoms with Crippen LogP contribution >= 0.6 is 0 Å². The number of likely N-dealkylation sites (tertiary alicyclic amines) is 2. The van der Waals surface area contributed by atoms with Crippen LogP contribution in [-0.2, 0) is 16.6 Å². The van der Waals surface area contributed by atoms with Gasteiger partial charge >= 0.3 is 0 Å². The van der Waals surface area contributed by atoms with Gasteiger partial charge in [-0.25, -0.2) is 0 Å². The van der Waals surface area contributed by atoms with Crippen molar-refractivity contribution in [2.75, 3.05) is 45.1 Å². The fraction of sp³-hybridized carbons (Fsp3) is 0.609. The molecule has 1 aromatic carbocycles. The van der Waals surface area contributed by atoms with Crippen molar-refractivity contribution in [1.29, 1.82) is 0 Å². The van der Waals surface area contributed by atoms with E-state index in [1.165, 1.54) is 5.56 Å². The lowest BCUT2D eigenvalue weighted by Crippen LogP contribution is -2.44. The molecule has 0 radical (unpaired) electrons. The largest absolute Gasteiger partial charge is 0.370 e. The average molecular weight is 427 g/mol. The van der Waals surface area contributed by atoms with E-state index in [0.717, 1.165) is 68.6 Å². The number of aryl methyl sites for hydroxylation is 1. The second-order valence-corrected chi connectivity index (χ2v) is 9.07. The number of piperidine rings is 2. The molecular weight excluding hydrogens is 392 g/mol. The number of anilines is 1. The Kier molecular flexibility index (Phi) is 6.46. The number of nitrogens with zero attached hydrogens (tertiary/aromatic N) is 4. The third-order valence-electron chi connectivity index (χ3n) is 6.89. The monoisotopic (exact) mass is 426 g/mol. The highest BCUT2D eigenvalue weighted by molar-refractivity contribution is 5.91. The fourth-order valence-corrected chi connectivity index (χ4v) is 4.91. The summed E-state index contributed by atoms with van der Waals surface area (Å²) in [5.41, 5.74) is 7.61. The minimum Gasteiger partial charge on any atom is -0.370 e. The standard InChI is InChI=1S/C23H34N6O2/c1-27-11-6-17(7-12-27)23(31)29-13-8-16(9-14-29)18-3-4-19-20(15-18)28(2)26-22(19)25-10-5-21(24)30/h3-4,15-17H,5-14H2,1-2H3,(H2,24,30)(H,25,26). The van der Waals surface area contributed by atoms with Crippen LogP contribution in [0.25, 0.3) is 10.9 Å². The summed E-state index contributed by atoms with van der Waals surface area (Å²) >= 11 is 0. The zero-order valence-corrected chi connectivity index (χ0v) is 18.6. The van der Waals surface area contributed by atoms with Gasteiger partial charge in [-0.3, -0.25) is 14.3 Å². The molecule has 0 aliphatic carbocycles. The van der Waals surface area contributed by atoms with E-state index in [-0.39, 0.29) is 18.2 Å². The summed E-state index contributed by atoms with van der Waals surface area (Å²) in [7, 11) is 4.07. The van der Waals surface area contributed by atoms with Crippen molar-refractivity contribution in [1.82, 2.24) is 19.6 Å². The van der Waals surface area contributed by atoms with Gasteiger partial charge in [0.1, 0.15) is 0 Å². The second-order valence-electron chi connectivity index (χ2n) is 9.07. The van der Waals surface area contributed by atoms with Crippen LogP contribution in [-0.4, -0.2) is 71.2 Å². The first-order chi connectivity index (χ1) is 14.9. The average Bonchev–Trinajstić information content (AvgIpc) is 3.08. The van der Waals surface area contributed by atoms with Gasteiger partial charge in [-0.2, -0.15) is 5.10 Å². The minimum atomic E-state index is -0.323. The number of benzene rings is 1. The van der Waals surface area contributed by atoms with Gasteiger partial charge in [0, 0.05) is 44.4 Å². The molecule has 2 saturated heterocycles. The van der Waals surface area contributed by atoms with Gasteiger partial charge in [-0.05, 0) is 69.4 Å². The first-order valence-corrected chi connectivity index (χ1v) is 11.4. The zero-order chi connectivity index (χ0) is 22.0. The molecule has 0 unspecified atom stereocenters. The number of aromatic nitrogens is 2. The molecule has 0 spiro atoms. The number of fused-ring (bicyclic) bond motifs is 1. The maximum absolute atomic E-state index is 12.9. The molecule has 3 N–H and O–H groups in total. The van der Waals surface area contributed by atoms with E-state index in [1.807, 2.05) is 11.7 Å². The Morgan fingerprint density at radius 3 is 2.48 bits per heavy atom. The van der Waals surface area contributed by atoms with Crippen LogP contribution in [0.1, 0.15) is 43.6 Å². The van der Waals surface area contributed by atoms with Crippen molar-refractivity contribution >= 4 is 28.5 Å². The van der Waals surface area contributed by atoms with E-state index < -0.39 is 0 Å². The van der Waals surface area contributed by atoms with E-state index in [4.69, 9.17) is 5.73 Å². The van der Waals surface area contributed by atoms with Crippen LogP contribution in [0.2, 0.25) is 0 Å². The Bertz CT molecular complexity index is 939. The summed E-state index contributed by atoms with van der Waals surface area (Å²) in [5, 5.41) is 8.82. The highest BCUT2D eigenvalue weighted by Crippen LogP contribution is 2.33. The summed E-state index contributed by atoms with van der Waals surface area (Å²) in [6.07, 6.45) is 4.27. The van der Waals surface area contributed by atoms with Crippen LogP contribution in [0.5, 0.6) is 0 Å². The van der Waals surface area contributed by atoms with Crippen LogP contribution in [0.15, 0.2) is 18.2 Å². The van der Waals surface area contributed by atoms with E-state index in [1.54, 1.807) is 0 Å². The molecule has 0 atom stereocenters. The summed E-state index contributed by atoms with van der Waals surface area (Å²) in [4.78, 5) is 28.3. The van der Waals surface area contributed by atoms with Crippen molar-refractivity contribution in [2.24, 2.45) is 18.7 Å². The molecule has 3 heterocycles. The summed E-state index contributed by atoms with van der Waals surface area (Å²) in [5.74, 6) is 1.49. The van der Waals surface area contributed by atoms with Crippen molar-refractivity contribution in [3.63, 3.8) is 0 Å². The molecule has 8 heteroatoms. The Labute approximate surface area is 183 Å². The lowest BCUT2D eigenvalue weighted by atomic mass is 9.87. The van der Waals surface area contributed by atoms with Gasteiger partial charge in [0.25, 0.3) is 0 Å². The fourth-order valence-electron chi connectivity index (χ4n) is 4.91. The molecule has 4 rings (SSSR count). The third-order valence-corrected chi connectivity index (χ3v) is 6.89. The molecule has 8 nitrogen and oxygen atoms in total. The Morgan fingerprint density at radius 2 is 1.81 bits per heavy atom. The number of primary amides is 1. The third kappa shape index (κ3) is 4.84. The molecule has 1 aromatic heterocycles. The molecule has 168 valence electrons. The first kappa shape index (κ1) is 21.6. The Hall–Kier alpha value is -2.61. The van der Waals surface area contributed by atoms with Gasteiger partial charge < -0.3 is 20.9 Å². The molecule has 2 aliphatic heterocycles. The molecule has 2 aromatic rings. The van der Waals surface area contributed by atoms with E-state index >= 15 is 0 Å². The first-order valence-electron chi connectivity index (χ1n) is 11.4. The number of carbonyl (C=O) groups is 2. The molecular formula is C23H34N6O2. The molecule has 2 fully saturated rings. The number of nitrogens with one attached hydrogen (secondary N) is 1. The molecule has 0 bridgehead atoms. The normalized spacial score (nSPS) is 19.1. The van der Waals surface area contributed by atoms with Gasteiger partial charge in [-0.15, -0.1) is 0 Å². The highest BCUT2D eigenvalue weighted by Gasteiger charge is 2.30. The maximum Gasteiger partial charge on any atom is 0.225 e. The van der Waals surface area contributed by atoms with E-state index in [0.29, 0.717) is 18.4 Å². The van der Waals surface area contributed by atoms with Crippen molar-refractivity contribution < 1.29 is 9.59 Å². The minimum absolute atomic E-state index is 0.207. The SMILES string of the molecule is CN1CCC(C(=O)N2CCC(c3ccc4c(NCCC(N)=O)nn(C)c4c3)CC2)CC1. The second kappa shape index (κ2) is 9.26. The van der Waals surface area contributed by atoms with Gasteiger partial charge in [0.2, 0.25) is 11.8 Å². The van der Waals surface area contributed by atoms with Crippen molar-refractivity contribution in [3.05, 3.63) is 23.8 Å². The van der Waals surface area contributed by atoms with Gasteiger partial charge in [0.05, 0.1) is 5.52 Å². The zero-order valence-electron chi connectivity index (χ0n) is 18.6. The number of carbonyl (C=O) groups excluding carboxylic acids is 2. The maximum atomic E-state index is 12.9. The van der Waals surface area contributed by atoms with Crippen LogP contribution in [0, 0.1) is 5.92 Å². The number of hydrogen-bond donors (Lipinski definition) is 2. The van der Waals surface area contributed by atoms with Crippen molar-refractivity contribution in [2.45, 2.75) is 38.0 Å². The number of nitrogens with two attached hydrogens (primary N) is 1. The summed E-state index contributed by atoms with van der Waals surface area (Å²) in [6.45, 7) is 4.22. The molecule has 31 heavy (non-hydrogen) atoms. The molecule has 2 aliphatic rings. The summed E-state index contributed by atoms with van der Waals surface area (Å²) in [6, 6.07) is 6.52. The van der Waals surface area contributed by atoms with E-state index in [2.05, 4.69) is 45.5 Å². The summed E-state index contributed by atoms with van der Waals surface area (Å²) < 4.78 is 1.88. The van der Waals surface area contributed by atoms with Crippen LogP contribution < -0.4 is 11.1 Å². The van der Waals surface area contributed by atoms with E-state index in [9.17, 15) is 9.59 Å².